The summed E-state index contributed by atoms with van der Waals surface area (Å²) in [5.41, 5.74) is 4.41. The van der Waals surface area contributed by atoms with Gasteiger partial charge in [0.25, 0.3) is 0 Å². The third-order valence-corrected chi connectivity index (χ3v) is 4.05. The van der Waals surface area contributed by atoms with Gasteiger partial charge in [0, 0.05) is 22.3 Å². The maximum atomic E-state index is 10.0. The van der Waals surface area contributed by atoms with Gasteiger partial charge in [-0.15, -0.1) is 0 Å². The average Bonchev–Trinajstić information content (AvgIpc) is 3.16. The van der Waals surface area contributed by atoms with Gasteiger partial charge in [-0.05, 0) is 40.6 Å². The molecule has 146 valence electrons. The van der Waals surface area contributed by atoms with Crippen LogP contribution in [0, 0.1) is 0 Å². The molecule has 0 saturated heterocycles. The number of aromatic hydroxyl groups is 1. The Labute approximate surface area is 169 Å². The van der Waals surface area contributed by atoms with Gasteiger partial charge >= 0.3 is 0 Å². The largest absolute Gasteiger partial charge is 0.507 e. The molecule has 3 N–H and O–H groups in total. The van der Waals surface area contributed by atoms with Crippen molar-refractivity contribution in [3.63, 3.8) is 0 Å². The van der Waals surface area contributed by atoms with Gasteiger partial charge in [0.05, 0.1) is 13.3 Å². The molecule has 2 aromatic heterocycles. The van der Waals surface area contributed by atoms with Crippen LogP contribution >= 0.6 is 11.6 Å². The normalized spacial score (nSPS) is 11.1. The van der Waals surface area contributed by atoms with E-state index in [9.17, 15) is 5.11 Å². The Morgan fingerprint density at radius 3 is 2.62 bits per heavy atom. The highest BCUT2D eigenvalue weighted by atomic mass is 35.5. The molecule has 0 fully saturated rings. The number of hydrogen-bond acceptors (Lipinski definition) is 10. The lowest BCUT2D eigenvalue weighted by Crippen LogP contribution is -2.03. The second-order valence-electron chi connectivity index (χ2n) is 5.76. The van der Waals surface area contributed by atoms with Crippen LogP contribution in [0.1, 0.15) is 5.56 Å². The van der Waals surface area contributed by atoms with E-state index in [4.69, 9.17) is 16.3 Å². The zero-order valence-corrected chi connectivity index (χ0v) is 15.8. The highest BCUT2D eigenvalue weighted by molar-refractivity contribution is 6.30. The SMILES string of the molecule is COc1ccc(/C=N/Nc2nc3nonc3nc2Nc2cccc(Cl)c2)c(O)c1. The van der Waals surface area contributed by atoms with Crippen LogP contribution in [0.2, 0.25) is 5.02 Å². The van der Waals surface area contributed by atoms with Crippen molar-refractivity contribution in [2.75, 3.05) is 17.9 Å². The van der Waals surface area contributed by atoms with Gasteiger partial charge in [-0.3, -0.25) is 5.43 Å². The molecule has 0 aliphatic heterocycles. The fourth-order valence-corrected chi connectivity index (χ4v) is 2.62. The quantitative estimate of drug-likeness (QED) is 0.322. The van der Waals surface area contributed by atoms with Gasteiger partial charge < -0.3 is 15.2 Å². The van der Waals surface area contributed by atoms with Gasteiger partial charge in [0.15, 0.2) is 11.6 Å². The third-order valence-electron chi connectivity index (χ3n) is 3.81. The molecule has 0 aliphatic rings. The first kappa shape index (κ1) is 18.4. The van der Waals surface area contributed by atoms with Gasteiger partial charge in [-0.25, -0.2) is 9.61 Å². The van der Waals surface area contributed by atoms with Crippen molar-refractivity contribution in [3.8, 4) is 11.5 Å². The van der Waals surface area contributed by atoms with Crippen LogP contribution in [-0.2, 0) is 0 Å². The summed E-state index contributed by atoms with van der Waals surface area (Å²) in [6.07, 6.45) is 1.44. The van der Waals surface area contributed by atoms with Crippen molar-refractivity contribution in [1.29, 1.82) is 0 Å². The number of anilines is 3. The van der Waals surface area contributed by atoms with Crippen molar-refractivity contribution in [3.05, 3.63) is 53.1 Å². The van der Waals surface area contributed by atoms with E-state index in [-0.39, 0.29) is 22.9 Å². The predicted molar refractivity (Wildman–Crippen MR) is 108 cm³/mol. The number of phenols is 1. The van der Waals surface area contributed by atoms with Crippen molar-refractivity contribution < 1.29 is 14.5 Å². The Kier molecular flexibility index (Phi) is 5.08. The van der Waals surface area contributed by atoms with Crippen molar-refractivity contribution >= 4 is 46.4 Å². The fraction of sp³-hybridized carbons (Fsp3) is 0.0556. The molecule has 4 rings (SSSR count). The molecule has 29 heavy (non-hydrogen) atoms. The monoisotopic (exact) mass is 411 g/mol. The van der Waals surface area contributed by atoms with Crippen molar-refractivity contribution in [1.82, 2.24) is 20.3 Å². The van der Waals surface area contributed by atoms with E-state index in [2.05, 4.69) is 40.8 Å². The van der Waals surface area contributed by atoms with E-state index in [1.807, 2.05) is 6.07 Å². The Bertz CT molecular complexity index is 1200. The summed E-state index contributed by atoms with van der Waals surface area (Å²) >= 11 is 6.03. The number of ether oxygens (including phenoxy) is 1. The molecule has 0 aliphatic carbocycles. The number of halogens is 1. The highest BCUT2D eigenvalue weighted by Gasteiger charge is 2.13. The zero-order valence-electron chi connectivity index (χ0n) is 15.0. The number of hydrazone groups is 1. The summed E-state index contributed by atoms with van der Waals surface area (Å²) in [5, 5.41) is 25.2. The first-order valence-electron chi connectivity index (χ1n) is 8.31. The molecule has 0 unspecified atom stereocenters. The summed E-state index contributed by atoms with van der Waals surface area (Å²) in [6, 6.07) is 12.0. The first-order chi connectivity index (χ1) is 14.1. The molecule has 0 radical (unpaired) electrons. The van der Waals surface area contributed by atoms with Gasteiger partial charge in [-0.2, -0.15) is 10.1 Å². The van der Waals surface area contributed by atoms with Crippen LogP contribution in [0.5, 0.6) is 11.5 Å². The number of hydrogen-bond donors (Lipinski definition) is 3. The molecule has 0 amide bonds. The molecular formula is C18H14ClN7O3. The van der Waals surface area contributed by atoms with Gasteiger partial charge in [-0.1, -0.05) is 17.7 Å². The van der Waals surface area contributed by atoms with Crippen LogP contribution in [0.15, 0.2) is 52.2 Å². The number of benzene rings is 2. The Morgan fingerprint density at radius 1 is 1.10 bits per heavy atom. The number of phenolic OH excluding ortho intramolecular Hbond substituents is 1. The second kappa shape index (κ2) is 7.98. The van der Waals surface area contributed by atoms with E-state index < -0.39 is 0 Å². The number of nitrogens with zero attached hydrogens (tertiary/aromatic N) is 5. The molecule has 11 heteroatoms. The maximum absolute atomic E-state index is 10.0. The number of fused-ring (bicyclic) bond motifs is 1. The van der Waals surface area contributed by atoms with Crippen LogP contribution in [0.25, 0.3) is 11.3 Å². The lowest BCUT2D eigenvalue weighted by atomic mass is 10.2. The molecule has 2 heterocycles. The Morgan fingerprint density at radius 2 is 1.90 bits per heavy atom. The molecule has 10 nitrogen and oxygen atoms in total. The summed E-state index contributed by atoms with van der Waals surface area (Å²) in [7, 11) is 1.52. The Hall–Kier alpha value is -3.92. The lowest BCUT2D eigenvalue weighted by molar-refractivity contribution is 0.314. The topological polar surface area (TPSA) is 131 Å². The number of nitrogens with one attached hydrogen (secondary N) is 2. The summed E-state index contributed by atoms with van der Waals surface area (Å²) in [5.74, 6) is 1.17. The van der Waals surface area contributed by atoms with E-state index in [0.717, 1.165) is 0 Å². The number of aromatic nitrogens is 4. The van der Waals surface area contributed by atoms with Crippen LogP contribution in [0.4, 0.5) is 17.3 Å². The van der Waals surface area contributed by atoms with Crippen molar-refractivity contribution in [2.24, 2.45) is 5.10 Å². The minimum absolute atomic E-state index is 0.0226. The minimum Gasteiger partial charge on any atom is -0.507 e. The van der Waals surface area contributed by atoms with Gasteiger partial charge in [0.1, 0.15) is 11.5 Å². The fourth-order valence-electron chi connectivity index (χ4n) is 2.43. The predicted octanol–water partition coefficient (Wildman–Crippen LogP) is 3.57. The van der Waals surface area contributed by atoms with Crippen LogP contribution in [0.3, 0.4) is 0 Å². The number of methoxy groups -OCH3 is 1. The second-order valence-corrected chi connectivity index (χ2v) is 6.20. The van der Waals surface area contributed by atoms with E-state index in [1.165, 1.54) is 19.4 Å². The van der Waals surface area contributed by atoms with Crippen LogP contribution < -0.4 is 15.5 Å². The lowest BCUT2D eigenvalue weighted by Gasteiger charge is -2.09. The molecule has 0 atom stereocenters. The standard InChI is InChI=1S/C18H14ClN7O3/c1-28-13-6-5-10(14(27)8-13)9-20-24-16-15(21-12-4-2-3-11(19)7-12)22-17-18(23-16)26-29-25-17/h2-9,27H,1H3,(H,21,22,25)(H,23,24,26)/b20-9+. The maximum Gasteiger partial charge on any atom is 0.245 e. The van der Waals surface area contributed by atoms with Crippen LogP contribution in [-0.4, -0.2) is 38.7 Å². The van der Waals surface area contributed by atoms with Crippen molar-refractivity contribution in [2.45, 2.75) is 0 Å². The smallest absolute Gasteiger partial charge is 0.245 e. The minimum atomic E-state index is 0.0226. The molecule has 2 aromatic carbocycles. The average molecular weight is 412 g/mol. The third kappa shape index (κ3) is 4.17. The molecule has 0 spiro atoms. The van der Waals surface area contributed by atoms with E-state index in [1.54, 1.807) is 30.3 Å². The summed E-state index contributed by atoms with van der Waals surface area (Å²) in [6.45, 7) is 0. The molecule has 0 saturated carbocycles. The van der Waals surface area contributed by atoms with Gasteiger partial charge in [0.2, 0.25) is 11.3 Å². The summed E-state index contributed by atoms with van der Waals surface area (Å²) in [4.78, 5) is 8.64. The first-order valence-corrected chi connectivity index (χ1v) is 8.69. The van der Waals surface area contributed by atoms with E-state index >= 15 is 0 Å². The summed E-state index contributed by atoms with van der Waals surface area (Å²) < 4.78 is 9.73. The molecule has 0 bridgehead atoms. The molecular weight excluding hydrogens is 398 g/mol. The molecule has 4 aromatic rings. The zero-order chi connectivity index (χ0) is 20.2. The number of rotatable bonds is 6. The Balaban J connectivity index is 1.62. The van der Waals surface area contributed by atoms with E-state index in [0.29, 0.717) is 27.8 Å². The highest BCUT2D eigenvalue weighted by Crippen LogP contribution is 2.26.